The zero-order chi connectivity index (χ0) is 44.5. The maximum atomic E-state index is 14.1. The Morgan fingerprint density at radius 2 is 1.37 bits per heavy atom. The number of fused-ring (bicyclic) bond motifs is 3. The van der Waals surface area contributed by atoms with Gasteiger partial charge in [-0.1, -0.05) is 64.1 Å². The van der Waals surface area contributed by atoms with Crippen molar-refractivity contribution in [3.05, 3.63) is 109 Å². The first-order chi connectivity index (χ1) is 31.6. The fourth-order valence-electron chi connectivity index (χ4n) is 9.91. The molecule has 6 atom stereocenters. The molecule has 0 aliphatic carbocycles. The van der Waals surface area contributed by atoms with E-state index >= 15 is 0 Å². The lowest BCUT2D eigenvalue weighted by atomic mass is 9.91. The maximum absolute atomic E-state index is 14.1. The molecule has 3 aromatic carbocycles. The molecule has 4 aliphatic heterocycles. The standard InChI is InChI=1S/C49H52N12O2S2/c1-28(2)34(27-54-46-50-19-7-20-51-46)42(62)61-24-6-18-48(45(61)65-48)44-57-36-17-15-33(26-38(36)58-44)31-12-10-30(11-13-31)32-14-16-35-37(25-32)56-41(55-35)39-9-5-23-60(39)43(63)40-49(64-40,29(3)4)59-47-52-21-8-22-53-47/h7-8,10-17,19-22,25-26,28-29,34,39-40,45H,5-6,9,18,23-24,27H2,1-4H3,(H,55,56)(H,57,58)(H,50,51,54)(H,52,53,59). The first-order valence-electron chi connectivity index (χ1n) is 22.7. The number of nitrogens with zero attached hydrogens (tertiary/aromatic N) is 8. The molecule has 14 nitrogen and oxygen atoms in total. The van der Waals surface area contributed by atoms with Crippen LogP contribution in [0.3, 0.4) is 0 Å². The minimum Gasteiger partial charge on any atom is -0.353 e. The average Bonchev–Trinajstić information content (AvgIpc) is 3.99. The number of rotatable bonds is 13. The molecule has 4 N–H and O–H groups in total. The number of anilines is 2. The highest BCUT2D eigenvalue weighted by atomic mass is 32.2. The minimum atomic E-state index is -0.434. The fourth-order valence-corrected chi connectivity index (χ4v) is 12.8. The second-order valence-corrected chi connectivity index (χ2v) is 21.2. The highest BCUT2D eigenvalue weighted by Gasteiger charge is 2.65. The fraction of sp³-hybridized carbons (Fsp3) is 0.388. The Hall–Kier alpha value is -6.00. The molecule has 332 valence electrons. The number of aromatic amines is 2. The predicted octanol–water partition coefficient (Wildman–Crippen LogP) is 8.87. The van der Waals surface area contributed by atoms with Gasteiger partial charge >= 0.3 is 0 Å². The number of carbonyl (C=O) groups excluding carboxylic acids is 2. The number of hydrogen-bond donors (Lipinski definition) is 4. The number of carbonyl (C=O) groups is 2. The number of hydrogen-bond acceptors (Lipinski definition) is 12. The molecule has 11 rings (SSSR count). The molecule has 65 heavy (non-hydrogen) atoms. The van der Waals surface area contributed by atoms with Gasteiger partial charge < -0.3 is 30.4 Å². The van der Waals surface area contributed by atoms with E-state index in [1.807, 2.05) is 16.7 Å². The number of nitrogens with one attached hydrogen (secondary N) is 4. The number of piperidine rings is 1. The van der Waals surface area contributed by atoms with Crippen LogP contribution in [0.4, 0.5) is 11.9 Å². The summed E-state index contributed by atoms with van der Waals surface area (Å²) in [4.78, 5) is 66.6. The molecule has 7 aromatic rings. The third-order valence-electron chi connectivity index (χ3n) is 13.7. The number of thioether (sulfide) groups is 2. The first-order valence-corrected chi connectivity index (χ1v) is 24.5. The smallest absolute Gasteiger partial charge is 0.239 e. The molecule has 16 heteroatoms. The normalized spacial score (nSPS) is 24.1. The van der Waals surface area contributed by atoms with Crippen molar-refractivity contribution in [1.29, 1.82) is 0 Å². The highest BCUT2D eigenvalue weighted by molar-refractivity contribution is 8.09. The third kappa shape index (κ3) is 7.57. The van der Waals surface area contributed by atoms with Gasteiger partial charge in [0, 0.05) is 44.4 Å². The Morgan fingerprint density at radius 1 is 0.754 bits per heavy atom. The average molecular weight is 905 g/mol. The molecular formula is C49H52N12O2S2. The summed E-state index contributed by atoms with van der Waals surface area (Å²) >= 11 is 3.51. The van der Waals surface area contributed by atoms with Crippen molar-refractivity contribution in [2.75, 3.05) is 30.3 Å². The van der Waals surface area contributed by atoms with Gasteiger partial charge in [-0.2, -0.15) is 0 Å². The molecule has 2 amide bonds. The van der Waals surface area contributed by atoms with Crippen LogP contribution in [0.1, 0.15) is 71.1 Å². The summed E-state index contributed by atoms with van der Waals surface area (Å²) in [6.07, 6.45) is 10.6. The van der Waals surface area contributed by atoms with Crippen LogP contribution in [0.25, 0.3) is 44.3 Å². The SMILES string of the molecule is CC(C)C(CNc1ncccn1)C(=O)N1CCCC2(c3nc4ccc(-c5ccc(-c6ccc7nc(C8CCCN8C(=O)C8SC8(Nc8ncccn8)C(C)C)[nH]c7c6)cc5)cc4[nH]3)SC12. The Labute approximate surface area is 386 Å². The van der Waals surface area contributed by atoms with E-state index in [0.717, 1.165) is 88.2 Å². The number of likely N-dealkylation sites (tertiary alicyclic amines) is 2. The van der Waals surface area contributed by atoms with Crippen molar-refractivity contribution in [1.82, 2.24) is 49.7 Å². The van der Waals surface area contributed by atoms with Crippen LogP contribution in [0, 0.1) is 17.8 Å². The number of aromatic nitrogens is 8. The largest absolute Gasteiger partial charge is 0.353 e. The minimum absolute atomic E-state index is 0.0659. The van der Waals surface area contributed by atoms with Crippen LogP contribution >= 0.6 is 23.5 Å². The molecule has 4 aromatic heterocycles. The van der Waals surface area contributed by atoms with E-state index in [1.165, 1.54) is 0 Å². The third-order valence-corrected chi connectivity index (χ3v) is 17.2. The summed E-state index contributed by atoms with van der Waals surface area (Å²) in [6, 6.07) is 24.9. The second kappa shape index (κ2) is 16.5. The zero-order valence-corrected chi connectivity index (χ0v) is 38.5. The van der Waals surface area contributed by atoms with Crippen LogP contribution < -0.4 is 10.6 Å². The second-order valence-electron chi connectivity index (χ2n) is 18.4. The Bertz CT molecular complexity index is 2890. The van der Waals surface area contributed by atoms with Gasteiger partial charge in [0.2, 0.25) is 23.7 Å². The van der Waals surface area contributed by atoms with Crippen LogP contribution in [-0.2, 0) is 14.3 Å². The monoisotopic (exact) mass is 904 g/mol. The van der Waals surface area contributed by atoms with Crippen molar-refractivity contribution < 1.29 is 9.59 Å². The van der Waals surface area contributed by atoms with Crippen molar-refractivity contribution in [3.63, 3.8) is 0 Å². The molecule has 6 unspecified atom stereocenters. The number of H-pyrrole nitrogens is 2. The molecule has 4 fully saturated rings. The molecule has 4 aliphatic rings. The summed E-state index contributed by atoms with van der Waals surface area (Å²) in [5.74, 6) is 3.38. The van der Waals surface area contributed by atoms with Gasteiger partial charge in [-0.15, -0.1) is 23.5 Å². The van der Waals surface area contributed by atoms with Crippen molar-refractivity contribution in [2.24, 2.45) is 17.8 Å². The topological polar surface area (TPSA) is 174 Å². The molecule has 0 saturated carbocycles. The van der Waals surface area contributed by atoms with Gasteiger partial charge in [0.25, 0.3) is 0 Å². The molecule has 0 spiro atoms. The molecule has 4 saturated heterocycles. The van der Waals surface area contributed by atoms with Crippen molar-refractivity contribution >= 4 is 69.3 Å². The van der Waals surface area contributed by atoms with Gasteiger partial charge in [0.05, 0.1) is 34.0 Å². The zero-order valence-electron chi connectivity index (χ0n) is 36.9. The number of imidazole rings is 2. The van der Waals surface area contributed by atoms with Crippen LogP contribution in [0.15, 0.2) is 97.6 Å². The lowest BCUT2D eigenvalue weighted by Gasteiger charge is -2.33. The molecule has 0 bridgehead atoms. The van der Waals surface area contributed by atoms with E-state index in [0.29, 0.717) is 25.0 Å². The predicted molar refractivity (Wildman–Crippen MR) is 258 cm³/mol. The van der Waals surface area contributed by atoms with Crippen LogP contribution in [0.5, 0.6) is 0 Å². The Balaban J connectivity index is 0.765. The summed E-state index contributed by atoms with van der Waals surface area (Å²) in [7, 11) is 0. The molecular weight excluding hydrogens is 853 g/mol. The van der Waals surface area contributed by atoms with Gasteiger partial charge in [-0.25, -0.2) is 29.9 Å². The number of amides is 2. The summed E-state index contributed by atoms with van der Waals surface area (Å²) in [5, 5.41) is 6.62. The van der Waals surface area contributed by atoms with Gasteiger partial charge in [-0.3, -0.25) is 9.59 Å². The summed E-state index contributed by atoms with van der Waals surface area (Å²) < 4.78 is -0.219. The molecule has 0 radical (unpaired) electrons. The first kappa shape index (κ1) is 41.7. The summed E-state index contributed by atoms with van der Waals surface area (Å²) in [5.41, 5.74) is 8.19. The van der Waals surface area contributed by atoms with Crippen molar-refractivity contribution in [2.45, 2.75) is 79.7 Å². The molecule has 8 heterocycles. The van der Waals surface area contributed by atoms with Crippen molar-refractivity contribution in [3.8, 4) is 22.3 Å². The maximum Gasteiger partial charge on any atom is 0.239 e. The summed E-state index contributed by atoms with van der Waals surface area (Å²) in [6.45, 7) is 10.5. The van der Waals surface area contributed by atoms with E-state index in [9.17, 15) is 9.59 Å². The van der Waals surface area contributed by atoms with E-state index < -0.39 is 4.87 Å². The highest BCUT2D eigenvalue weighted by Crippen LogP contribution is 2.66. The van der Waals surface area contributed by atoms with E-state index in [1.54, 1.807) is 48.7 Å². The van der Waals surface area contributed by atoms with Gasteiger partial charge in [-0.05, 0) is 96.2 Å². The van der Waals surface area contributed by atoms with Crippen LogP contribution in [-0.4, -0.2) is 96.6 Å². The lowest BCUT2D eigenvalue weighted by molar-refractivity contribution is -0.138. The quantitative estimate of drug-likeness (QED) is 0.0811. The Kier molecular flexibility index (Phi) is 10.6. The lowest BCUT2D eigenvalue weighted by Crippen LogP contribution is -2.47. The van der Waals surface area contributed by atoms with E-state index in [2.05, 4.69) is 134 Å². The Morgan fingerprint density at radius 3 is 2.03 bits per heavy atom. The van der Waals surface area contributed by atoms with E-state index in [-0.39, 0.29) is 51.0 Å². The van der Waals surface area contributed by atoms with Gasteiger partial charge in [0.1, 0.15) is 31.9 Å². The van der Waals surface area contributed by atoms with E-state index in [4.69, 9.17) is 9.97 Å². The van der Waals surface area contributed by atoms with Crippen LogP contribution in [0.2, 0.25) is 0 Å². The number of benzene rings is 3. The van der Waals surface area contributed by atoms with Gasteiger partial charge in [0.15, 0.2) is 0 Å².